The number of benzene rings is 2. The lowest BCUT2D eigenvalue weighted by molar-refractivity contribution is 0.215. The molecule has 0 aliphatic heterocycles. The Kier molecular flexibility index (Phi) is 8.15. The average Bonchev–Trinajstić information content (AvgIpc) is 2.62. The third-order valence-corrected chi connectivity index (χ3v) is 3.65. The van der Waals surface area contributed by atoms with Crippen molar-refractivity contribution in [2.45, 2.75) is 26.3 Å². The Morgan fingerprint density at radius 3 is 2.46 bits per heavy atom. The summed E-state index contributed by atoms with van der Waals surface area (Å²) in [5.74, 6) is 1.72. The molecule has 0 atom stereocenters. The second-order valence-corrected chi connectivity index (χ2v) is 5.60. The summed E-state index contributed by atoms with van der Waals surface area (Å²) in [7, 11) is 0. The normalized spacial score (nSPS) is 10.6. The van der Waals surface area contributed by atoms with Crippen LogP contribution in [0.15, 0.2) is 48.5 Å². The molecule has 0 saturated heterocycles. The molecule has 2 rings (SSSR count). The van der Waals surface area contributed by atoms with E-state index in [0.29, 0.717) is 26.3 Å². The zero-order valence-corrected chi connectivity index (χ0v) is 14.3. The van der Waals surface area contributed by atoms with Crippen LogP contribution in [-0.4, -0.2) is 31.5 Å². The van der Waals surface area contributed by atoms with Crippen LogP contribution in [0.5, 0.6) is 11.5 Å². The fourth-order valence-electron chi connectivity index (χ4n) is 2.44. The van der Waals surface area contributed by atoms with Crippen molar-refractivity contribution in [3.63, 3.8) is 0 Å². The van der Waals surface area contributed by atoms with Crippen molar-refractivity contribution in [3.8, 4) is 11.5 Å². The maximum atomic E-state index is 8.83. The van der Waals surface area contributed by atoms with Gasteiger partial charge in [-0.25, -0.2) is 0 Å². The van der Waals surface area contributed by atoms with E-state index in [2.05, 4.69) is 24.4 Å². The number of aliphatic hydroxyl groups excluding tert-OH is 1. The Hall–Kier alpha value is -2.04. The van der Waals surface area contributed by atoms with E-state index < -0.39 is 0 Å². The summed E-state index contributed by atoms with van der Waals surface area (Å²) in [5.41, 5.74) is 2.42. The highest BCUT2D eigenvalue weighted by Gasteiger charge is 2.03. The zero-order valence-electron chi connectivity index (χ0n) is 14.3. The van der Waals surface area contributed by atoms with Gasteiger partial charge >= 0.3 is 0 Å². The van der Waals surface area contributed by atoms with Crippen LogP contribution in [0.3, 0.4) is 0 Å². The number of aryl methyl sites for hydroxylation is 1. The molecule has 4 heteroatoms. The Labute approximate surface area is 144 Å². The van der Waals surface area contributed by atoms with E-state index in [-0.39, 0.29) is 6.61 Å². The summed E-state index contributed by atoms with van der Waals surface area (Å²) < 4.78 is 11.5. The molecule has 4 nitrogen and oxygen atoms in total. The van der Waals surface area contributed by atoms with Gasteiger partial charge in [-0.2, -0.15) is 0 Å². The number of nitrogens with one attached hydrogen (secondary N) is 1. The molecule has 24 heavy (non-hydrogen) atoms. The molecule has 0 unspecified atom stereocenters. The number of ether oxygens (including phenoxy) is 2. The van der Waals surface area contributed by atoms with Gasteiger partial charge in [-0.05, 0) is 30.2 Å². The molecule has 0 amide bonds. The lowest BCUT2D eigenvalue weighted by Gasteiger charge is -2.12. The van der Waals surface area contributed by atoms with E-state index >= 15 is 0 Å². The summed E-state index contributed by atoms with van der Waals surface area (Å²) in [4.78, 5) is 0. The minimum absolute atomic E-state index is 0.133. The van der Waals surface area contributed by atoms with Crippen molar-refractivity contribution >= 4 is 0 Å². The molecular weight excluding hydrogens is 302 g/mol. The molecule has 0 bridgehead atoms. The van der Waals surface area contributed by atoms with E-state index in [0.717, 1.165) is 29.9 Å². The predicted octanol–water partition coefficient (Wildman–Crippen LogP) is 3.18. The maximum absolute atomic E-state index is 8.83. The van der Waals surface area contributed by atoms with Gasteiger partial charge < -0.3 is 19.9 Å². The molecule has 0 saturated carbocycles. The molecule has 0 aromatic heterocycles. The first-order chi connectivity index (χ1) is 11.8. The van der Waals surface area contributed by atoms with Gasteiger partial charge in [0.1, 0.15) is 24.7 Å². The van der Waals surface area contributed by atoms with Crippen LogP contribution in [0, 0.1) is 0 Å². The highest BCUT2D eigenvalue weighted by molar-refractivity contribution is 5.33. The molecule has 0 heterocycles. The van der Waals surface area contributed by atoms with Crippen LogP contribution in [0.1, 0.15) is 24.5 Å². The maximum Gasteiger partial charge on any atom is 0.123 e. The molecule has 130 valence electrons. The van der Waals surface area contributed by atoms with Gasteiger partial charge in [-0.1, -0.05) is 43.7 Å². The first kappa shape index (κ1) is 18.3. The molecular formula is C20H27NO3. The molecule has 2 N–H and O–H groups in total. The lowest BCUT2D eigenvalue weighted by Crippen LogP contribution is -2.18. The number of hydrogen-bond donors (Lipinski definition) is 2. The quantitative estimate of drug-likeness (QED) is 0.622. The molecule has 2 aromatic carbocycles. The third-order valence-electron chi connectivity index (χ3n) is 3.65. The van der Waals surface area contributed by atoms with Crippen LogP contribution in [0.25, 0.3) is 0 Å². The van der Waals surface area contributed by atoms with Gasteiger partial charge in [-0.15, -0.1) is 0 Å². The molecule has 0 spiro atoms. The van der Waals surface area contributed by atoms with E-state index in [9.17, 15) is 0 Å². The van der Waals surface area contributed by atoms with E-state index in [1.807, 2.05) is 36.4 Å². The number of aliphatic hydroxyl groups is 1. The van der Waals surface area contributed by atoms with E-state index in [1.54, 1.807) is 0 Å². The summed E-state index contributed by atoms with van der Waals surface area (Å²) >= 11 is 0. The van der Waals surface area contributed by atoms with Gasteiger partial charge in [0.05, 0.1) is 6.61 Å². The number of rotatable bonds is 11. The minimum Gasteiger partial charge on any atom is -0.490 e. The predicted molar refractivity (Wildman–Crippen MR) is 96.7 cm³/mol. The molecule has 0 radical (unpaired) electrons. The van der Waals surface area contributed by atoms with Crippen LogP contribution in [0.2, 0.25) is 0 Å². The van der Waals surface area contributed by atoms with Gasteiger partial charge in [0.15, 0.2) is 0 Å². The van der Waals surface area contributed by atoms with Gasteiger partial charge in [0.25, 0.3) is 0 Å². The summed E-state index contributed by atoms with van der Waals surface area (Å²) in [6.45, 7) is 4.56. The lowest BCUT2D eigenvalue weighted by atomic mass is 10.1. The Bertz CT molecular complexity index is 584. The first-order valence-corrected chi connectivity index (χ1v) is 8.57. The van der Waals surface area contributed by atoms with Crippen molar-refractivity contribution in [1.29, 1.82) is 0 Å². The third kappa shape index (κ3) is 6.22. The first-order valence-electron chi connectivity index (χ1n) is 8.57. The number of hydrogen-bond acceptors (Lipinski definition) is 4. The van der Waals surface area contributed by atoms with Crippen LogP contribution >= 0.6 is 0 Å². The van der Waals surface area contributed by atoms with Crippen LogP contribution in [-0.2, 0) is 13.0 Å². The Balaban J connectivity index is 1.75. The molecule has 0 fully saturated rings. The van der Waals surface area contributed by atoms with Gasteiger partial charge in [-0.3, -0.25) is 0 Å². The highest BCUT2D eigenvalue weighted by Crippen LogP contribution is 2.18. The summed E-state index contributed by atoms with van der Waals surface area (Å²) in [6, 6.07) is 16.2. The summed E-state index contributed by atoms with van der Waals surface area (Å²) in [6.07, 6.45) is 2.26. The number of para-hydroxylation sites is 1. The van der Waals surface area contributed by atoms with Crippen molar-refractivity contribution < 1.29 is 14.6 Å². The van der Waals surface area contributed by atoms with Gasteiger partial charge in [0.2, 0.25) is 0 Å². The largest absolute Gasteiger partial charge is 0.490 e. The average molecular weight is 329 g/mol. The standard InChI is InChI=1S/C20H27NO3/c1-2-5-17-8-10-19(11-9-17)23-14-15-24-20-7-4-3-6-18(20)16-21-12-13-22/h3-4,6-11,21-22H,2,5,12-16H2,1H3. The van der Waals surface area contributed by atoms with E-state index in [4.69, 9.17) is 14.6 Å². The topological polar surface area (TPSA) is 50.7 Å². The van der Waals surface area contributed by atoms with Crippen molar-refractivity contribution in [1.82, 2.24) is 5.32 Å². The van der Waals surface area contributed by atoms with Crippen molar-refractivity contribution in [2.24, 2.45) is 0 Å². The SMILES string of the molecule is CCCc1ccc(OCCOc2ccccc2CNCCO)cc1. The monoisotopic (exact) mass is 329 g/mol. The zero-order chi connectivity index (χ0) is 17.0. The smallest absolute Gasteiger partial charge is 0.123 e. The Morgan fingerprint density at radius 1 is 0.958 bits per heavy atom. The highest BCUT2D eigenvalue weighted by atomic mass is 16.5. The van der Waals surface area contributed by atoms with Gasteiger partial charge in [0, 0.05) is 18.7 Å². The van der Waals surface area contributed by atoms with Crippen LogP contribution in [0.4, 0.5) is 0 Å². The summed E-state index contributed by atoms with van der Waals surface area (Å²) in [5, 5.41) is 12.0. The van der Waals surface area contributed by atoms with E-state index in [1.165, 1.54) is 5.56 Å². The van der Waals surface area contributed by atoms with Crippen LogP contribution < -0.4 is 14.8 Å². The molecule has 2 aromatic rings. The molecule has 0 aliphatic carbocycles. The Morgan fingerprint density at radius 2 is 1.71 bits per heavy atom. The minimum atomic E-state index is 0.133. The molecule has 0 aliphatic rings. The van der Waals surface area contributed by atoms with Crippen molar-refractivity contribution in [2.75, 3.05) is 26.4 Å². The van der Waals surface area contributed by atoms with Crippen molar-refractivity contribution in [3.05, 3.63) is 59.7 Å². The fraction of sp³-hybridized carbons (Fsp3) is 0.400. The second-order valence-electron chi connectivity index (χ2n) is 5.60. The second kappa shape index (κ2) is 10.7. The fourth-order valence-corrected chi connectivity index (χ4v) is 2.44.